The van der Waals surface area contributed by atoms with Crippen LogP contribution in [0.2, 0.25) is 0 Å². The van der Waals surface area contributed by atoms with Crippen LogP contribution in [-0.2, 0) is 10.8 Å². The van der Waals surface area contributed by atoms with Gasteiger partial charge in [-0.25, -0.2) is 9.78 Å². The van der Waals surface area contributed by atoms with Gasteiger partial charge in [0.05, 0.1) is 21.8 Å². The minimum Gasteiger partial charge on any atom is -0.399 e. The molecule has 0 bridgehead atoms. The Kier molecular flexibility index (Phi) is 3.31. The lowest BCUT2D eigenvalue weighted by Gasteiger charge is -2.12. The number of urea groups is 1. The molecule has 2 amide bonds. The first-order chi connectivity index (χ1) is 9.63. The summed E-state index contributed by atoms with van der Waals surface area (Å²) in [4.78, 5) is 20.3. The molecule has 0 saturated carbocycles. The summed E-state index contributed by atoms with van der Waals surface area (Å²) in [5.74, 6) is 0.364. The molecule has 0 radical (unpaired) electrons. The molecule has 2 aromatic rings. The van der Waals surface area contributed by atoms with Crippen LogP contribution < -0.4 is 11.1 Å². The number of fused-ring (bicyclic) bond motifs is 1. The van der Waals surface area contributed by atoms with Gasteiger partial charge in [0.2, 0.25) is 0 Å². The van der Waals surface area contributed by atoms with Crippen molar-refractivity contribution in [3.8, 4) is 0 Å². The third-order valence-electron chi connectivity index (χ3n) is 3.19. The predicted molar refractivity (Wildman–Crippen MR) is 76.8 cm³/mol. The lowest BCUT2D eigenvalue weighted by molar-refractivity contribution is 0.220. The van der Waals surface area contributed by atoms with E-state index in [1.54, 1.807) is 23.1 Å². The van der Waals surface area contributed by atoms with E-state index in [9.17, 15) is 9.00 Å². The molecule has 1 saturated heterocycles. The zero-order chi connectivity index (χ0) is 14.1. The molecule has 7 nitrogen and oxygen atoms in total. The van der Waals surface area contributed by atoms with Crippen LogP contribution in [0.25, 0.3) is 11.0 Å². The highest BCUT2D eigenvalue weighted by atomic mass is 32.2. The number of carbonyl (C=O) groups is 1. The minimum atomic E-state index is -1.26. The van der Waals surface area contributed by atoms with Gasteiger partial charge in [-0.05, 0) is 18.2 Å². The van der Waals surface area contributed by atoms with Gasteiger partial charge in [-0.1, -0.05) is 0 Å². The lowest BCUT2D eigenvalue weighted by atomic mass is 10.3. The number of amides is 2. The van der Waals surface area contributed by atoms with E-state index in [2.05, 4.69) is 15.3 Å². The molecule has 0 aliphatic carbocycles. The van der Waals surface area contributed by atoms with Crippen LogP contribution in [-0.4, -0.2) is 50.5 Å². The quantitative estimate of drug-likeness (QED) is 0.704. The number of carbonyl (C=O) groups excluding carboxylic acids is 1. The summed E-state index contributed by atoms with van der Waals surface area (Å²) >= 11 is 0. The van der Waals surface area contributed by atoms with Gasteiger partial charge in [-0.3, -0.25) is 4.21 Å². The highest BCUT2D eigenvalue weighted by molar-refractivity contribution is 7.84. The maximum atomic E-state index is 12.2. The molecule has 1 aliphatic heterocycles. The van der Waals surface area contributed by atoms with Crippen LogP contribution in [0.15, 0.2) is 23.4 Å². The second-order valence-corrected chi connectivity index (χ2v) is 6.07. The third-order valence-corrected chi connectivity index (χ3v) is 4.37. The fraction of sp³-hybridized carbons (Fsp3) is 0.333. The molecule has 106 valence electrons. The van der Waals surface area contributed by atoms with Crippen LogP contribution in [0, 0.1) is 0 Å². The van der Waals surface area contributed by atoms with Crippen molar-refractivity contribution in [1.29, 1.82) is 0 Å². The molecule has 4 N–H and O–H groups in total. The molecule has 1 atom stereocenters. The van der Waals surface area contributed by atoms with E-state index in [-0.39, 0.29) is 6.03 Å². The van der Waals surface area contributed by atoms with Gasteiger partial charge in [0, 0.05) is 31.1 Å². The highest BCUT2D eigenvalue weighted by Crippen LogP contribution is 2.16. The number of H-pyrrole nitrogens is 1. The molecule has 1 aromatic heterocycles. The van der Waals surface area contributed by atoms with Crippen molar-refractivity contribution in [3.05, 3.63) is 18.2 Å². The standard InChI is InChI=1S/C12H15N5O2S/c13-8-1-2-9-10(7-8)16-11(15-9)20(19)6-5-17-4-3-14-12(17)18/h1-2,7H,3-6,13H2,(H,14,18)(H,15,16). The predicted octanol–water partition coefficient (Wildman–Crippen LogP) is 0.278. The Hall–Kier alpha value is -2.09. The van der Waals surface area contributed by atoms with Gasteiger partial charge in [0.15, 0.2) is 5.16 Å². The Morgan fingerprint density at radius 2 is 2.30 bits per heavy atom. The molecule has 1 aromatic carbocycles. The topological polar surface area (TPSA) is 104 Å². The number of anilines is 1. The average molecular weight is 293 g/mol. The van der Waals surface area contributed by atoms with Crippen LogP contribution in [0.4, 0.5) is 10.5 Å². The molecule has 1 fully saturated rings. The number of nitrogens with two attached hydrogens (primary N) is 1. The van der Waals surface area contributed by atoms with E-state index in [0.29, 0.717) is 36.2 Å². The Morgan fingerprint density at radius 3 is 3.05 bits per heavy atom. The number of nitrogen functional groups attached to an aromatic ring is 1. The summed E-state index contributed by atoms with van der Waals surface area (Å²) in [5.41, 5.74) is 7.83. The van der Waals surface area contributed by atoms with Gasteiger partial charge < -0.3 is 20.9 Å². The number of nitrogens with one attached hydrogen (secondary N) is 2. The summed E-state index contributed by atoms with van der Waals surface area (Å²) < 4.78 is 12.2. The smallest absolute Gasteiger partial charge is 0.317 e. The SMILES string of the molecule is Nc1ccc2nc(S(=O)CCN3CCNC3=O)[nH]c2c1. The second kappa shape index (κ2) is 5.12. The minimum absolute atomic E-state index is 0.0978. The Bertz CT molecular complexity index is 684. The molecule has 2 heterocycles. The number of hydrogen-bond donors (Lipinski definition) is 3. The molecular weight excluding hydrogens is 278 g/mol. The van der Waals surface area contributed by atoms with E-state index < -0.39 is 10.8 Å². The fourth-order valence-electron chi connectivity index (χ4n) is 2.13. The van der Waals surface area contributed by atoms with Crippen LogP contribution in [0.3, 0.4) is 0 Å². The van der Waals surface area contributed by atoms with Gasteiger partial charge in [-0.2, -0.15) is 0 Å². The van der Waals surface area contributed by atoms with Gasteiger partial charge in [0.1, 0.15) is 0 Å². The van der Waals surface area contributed by atoms with Crippen LogP contribution >= 0.6 is 0 Å². The Balaban J connectivity index is 1.70. The van der Waals surface area contributed by atoms with Crippen molar-refractivity contribution in [3.63, 3.8) is 0 Å². The largest absolute Gasteiger partial charge is 0.399 e. The van der Waals surface area contributed by atoms with Crippen molar-refractivity contribution in [1.82, 2.24) is 20.2 Å². The van der Waals surface area contributed by atoms with E-state index in [0.717, 1.165) is 11.0 Å². The molecule has 1 aliphatic rings. The number of hydrogen-bond acceptors (Lipinski definition) is 4. The summed E-state index contributed by atoms with van der Waals surface area (Å²) in [6, 6.07) is 5.20. The number of benzene rings is 1. The maximum Gasteiger partial charge on any atom is 0.317 e. The first-order valence-corrected chi connectivity index (χ1v) is 7.62. The fourth-order valence-corrected chi connectivity index (χ4v) is 3.13. The third kappa shape index (κ3) is 2.46. The van der Waals surface area contributed by atoms with Crippen LogP contribution in [0.1, 0.15) is 0 Å². The number of aromatic nitrogens is 2. The van der Waals surface area contributed by atoms with Crippen molar-refractivity contribution < 1.29 is 9.00 Å². The molecule has 8 heteroatoms. The van der Waals surface area contributed by atoms with E-state index in [1.165, 1.54) is 0 Å². The first-order valence-electron chi connectivity index (χ1n) is 6.30. The Morgan fingerprint density at radius 1 is 1.45 bits per heavy atom. The summed E-state index contributed by atoms with van der Waals surface area (Å²) in [6.45, 7) is 1.76. The number of rotatable bonds is 4. The molecule has 1 unspecified atom stereocenters. The normalized spacial score (nSPS) is 16.6. The Labute approximate surface area is 118 Å². The second-order valence-electron chi connectivity index (χ2n) is 4.59. The monoisotopic (exact) mass is 293 g/mol. The summed E-state index contributed by atoms with van der Waals surface area (Å²) in [7, 11) is -1.26. The summed E-state index contributed by atoms with van der Waals surface area (Å²) in [5, 5.41) is 3.13. The number of nitrogens with zero attached hydrogens (tertiary/aromatic N) is 2. The van der Waals surface area contributed by atoms with Crippen molar-refractivity contribution >= 4 is 33.6 Å². The first kappa shape index (κ1) is 12.9. The van der Waals surface area contributed by atoms with Crippen molar-refractivity contribution in [2.45, 2.75) is 5.16 Å². The maximum absolute atomic E-state index is 12.2. The number of imidazole rings is 1. The zero-order valence-corrected chi connectivity index (χ0v) is 11.6. The molecular formula is C12H15N5O2S. The highest BCUT2D eigenvalue weighted by Gasteiger charge is 2.20. The van der Waals surface area contributed by atoms with E-state index in [4.69, 9.17) is 5.73 Å². The zero-order valence-electron chi connectivity index (χ0n) is 10.8. The lowest BCUT2D eigenvalue weighted by Crippen LogP contribution is -2.31. The summed E-state index contributed by atoms with van der Waals surface area (Å²) in [6.07, 6.45) is 0. The molecule has 0 spiro atoms. The van der Waals surface area contributed by atoms with Crippen molar-refractivity contribution in [2.75, 3.05) is 31.1 Å². The molecule has 20 heavy (non-hydrogen) atoms. The number of aromatic amines is 1. The van der Waals surface area contributed by atoms with Gasteiger partial charge in [0.25, 0.3) is 0 Å². The molecule has 3 rings (SSSR count). The van der Waals surface area contributed by atoms with Gasteiger partial charge in [-0.15, -0.1) is 0 Å². The average Bonchev–Trinajstić information content (AvgIpc) is 3.01. The van der Waals surface area contributed by atoms with E-state index in [1.807, 2.05) is 0 Å². The van der Waals surface area contributed by atoms with Crippen LogP contribution in [0.5, 0.6) is 0 Å². The van der Waals surface area contributed by atoms with Gasteiger partial charge >= 0.3 is 6.03 Å². The van der Waals surface area contributed by atoms with E-state index >= 15 is 0 Å². The van der Waals surface area contributed by atoms with Crippen molar-refractivity contribution in [2.24, 2.45) is 0 Å².